The Balaban J connectivity index is 2.77. The molecular formula is C13H10F2N4O2. The predicted octanol–water partition coefficient (Wildman–Crippen LogP) is 1.62. The van der Waals surface area contributed by atoms with Crippen LogP contribution in [0.1, 0.15) is 10.4 Å². The van der Waals surface area contributed by atoms with E-state index >= 15 is 0 Å². The fraction of sp³-hybridized carbons (Fsp3) is 0. The van der Waals surface area contributed by atoms with Gasteiger partial charge in [0.15, 0.2) is 5.82 Å². The van der Waals surface area contributed by atoms with Crippen molar-refractivity contribution in [1.29, 1.82) is 0 Å². The van der Waals surface area contributed by atoms with Gasteiger partial charge in [-0.1, -0.05) is 30.3 Å². The summed E-state index contributed by atoms with van der Waals surface area (Å²) in [5, 5.41) is 2.02. The van der Waals surface area contributed by atoms with Gasteiger partial charge in [0.05, 0.1) is 5.56 Å². The van der Waals surface area contributed by atoms with Crippen LogP contribution >= 0.6 is 0 Å². The van der Waals surface area contributed by atoms with Crippen LogP contribution in [-0.4, -0.2) is 16.9 Å². The second-order valence-electron chi connectivity index (χ2n) is 4.03. The molecule has 0 radical (unpaired) electrons. The zero-order valence-corrected chi connectivity index (χ0v) is 10.6. The van der Waals surface area contributed by atoms with Gasteiger partial charge in [-0.25, -0.2) is 14.2 Å². The molecule has 0 aliphatic heterocycles. The molecule has 1 aromatic carbocycles. The molecule has 2 aromatic rings. The highest BCUT2D eigenvalue weighted by Gasteiger charge is 2.25. The van der Waals surface area contributed by atoms with Gasteiger partial charge in [-0.3, -0.25) is 10.1 Å². The maximum atomic E-state index is 14.4. The van der Waals surface area contributed by atoms with Gasteiger partial charge in [0, 0.05) is 0 Å². The van der Waals surface area contributed by atoms with Gasteiger partial charge < -0.3 is 11.5 Å². The lowest BCUT2D eigenvalue weighted by molar-refractivity contribution is 0.0991. The molecule has 0 saturated carbocycles. The fourth-order valence-corrected chi connectivity index (χ4v) is 1.81. The number of rotatable bonds is 3. The van der Waals surface area contributed by atoms with Crippen molar-refractivity contribution in [3.63, 3.8) is 0 Å². The van der Waals surface area contributed by atoms with E-state index in [1.807, 2.05) is 5.32 Å². The van der Waals surface area contributed by atoms with E-state index < -0.39 is 35.1 Å². The van der Waals surface area contributed by atoms with Gasteiger partial charge in [-0.15, -0.1) is 0 Å². The Morgan fingerprint density at radius 3 is 2.24 bits per heavy atom. The molecule has 0 unspecified atom stereocenters. The SMILES string of the molecule is NC(=O)Nc1nc(F)c(C(N)=O)c(F)c1-c1ccccc1. The van der Waals surface area contributed by atoms with Crippen LogP contribution in [0.5, 0.6) is 0 Å². The second-order valence-corrected chi connectivity index (χ2v) is 4.03. The van der Waals surface area contributed by atoms with Crippen LogP contribution in [0.25, 0.3) is 11.1 Å². The molecule has 8 heteroatoms. The number of urea groups is 1. The number of nitrogens with one attached hydrogen (secondary N) is 1. The molecule has 0 aliphatic rings. The summed E-state index contributed by atoms with van der Waals surface area (Å²) in [7, 11) is 0. The summed E-state index contributed by atoms with van der Waals surface area (Å²) in [5.74, 6) is -4.39. The van der Waals surface area contributed by atoms with Crippen LogP contribution in [0.4, 0.5) is 19.4 Å². The van der Waals surface area contributed by atoms with Gasteiger partial charge in [-0.05, 0) is 5.56 Å². The number of pyridine rings is 1. The highest BCUT2D eigenvalue weighted by molar-refractivity contribution is 5.98. The second kappa shape index (κ2) is 5.53. The molecular weight excluding hydrogens is 282 g/mol. The molecule has 108 valence electrons. The minimum Gasteiger partial charge on any atom is -0.365 e. The van der Waals surface area contributed by atoms with Gasteiger partial charge >= 0.3 is 6.03 Å². The molecule has 3 amide bonds. The molecule has 0 saturated heterocycles. The summed E-state index contributed by atoms with van der Waals surface area (Å²) < 4.78 is 28.1. The average molecular weight is 292 g/mol. The molecule has 2 rings (SSSR count). The van der Waals surface area contributed by atoms with Gasteiger partial charge in [0.1, 0.15) is 11.4 Å². The third-order valence-electron chi connectivity index (χ3n) is 2.64. The summed E-state index contributed by atoms with van der Waals surface area (Å²) in [6.45, 7) is 0. The van der Waals surface area contributed by atoms with Crippen molar-refractivity contribution < 1.29 is 18.4 Å². The number of aromatic nitrogens is 1. The summed E-state index contributed by atoms with van der Waals surface area (Å²) in [5.41, 5.74) is 8.90. The first-order chi connectivity index (χ1) is 9.91. The number of benzene rings is 1. The van der Waals surface area contributed by atoms with Crippen molar-refractivity contribution in [2.75, 3.05) is 5.32 Å². The molecule has 5 N–H and O–H groups in total. The number of primary amides is 2. The summed E-state index contributed by atoms with van der Waals surface area (Å²) >= 11 is 0. The summed E-state index contributed by atoms with van der Waals surface area (Å²) in [4.78, 5) is 25.4. The molecule has 0 bridgehead atoms. The molecule has 1 heterocycles. The molecule has 0 atom stereocenters. The maximum Gasteiger partial charge on any atom is 0.317 e. The van der Waals surface area contributed by atoms with Crippen LogP contribution < -0.4 is 16.8 Å². The highest BCUT2D eigenvalue weighted by atomic mass is 19.1. The largest absolute Gasteiger partial charge is 0.365 e. The lowest BCUT2D eigenvalue weighted by Gasteiger charge is -2.12. The maximum absolute atomic E-state index is 14.4. The van der Waals surface area contributed by atoms with Gasteiger partial charge in [0.2, 0.25) is 5.95 Å². The average Bonchev–Trinajstić information content (AvgIpc) is 2.38. The van der Waals surface area contributed by atoms with Crippen LogP contribution in [0.15, 0.2) is 30.3 Å². The van der Waals surface area contributed by atoms with E-state index in [2.05, 4.69) is 4.98 Å². The molecule has 1 aromatic heterocycles. The topological polar surface area (TPSA) is 111 Å². The van der Waals surface area contributed by atoms with Crippen molar-refractivity contribution in [2.24, 2.45) is 11.5 Å². The number of amides is 3. The van der Waals surface area contributed by atoms with Crippen molar-refractivity contribution in [3.05, 3.63) is 47.7 Å². The number of halogens is 2. The van der Waals surface area contributed by atoms with E-state index in [9.17, 15) is 18.4 Å². The number of nitrogens with two attached hydrogens (primary N) is 2. The molecule has 0 fully saturated rings. The minimum atomic E-state index is -1.43. The zero-order chi connectivity index (χ0) is 15.6. The summed E-state index contributed by atoms with van der Waals surface area (Å²) in [6.07, 6.45) is 0. The lowest BCUT2D eigenvalue weighted by atomic mass is 10.0. The van der Waals surface area contributed by atoms with Crippen LogP contribution in [0, 0.1) is 11.8 Å². The normalized spacial score (nSPS) is 10.2. The first-order valence-corrected chi connectivity index (χ1v) is 5.72. The van der Waals surface area contributed by atoms with Crippen molar-refractivity contribution in [3.8, 4) is 11.1 Å². The Morgan fingerprint density at radius 2 is 1.71 bits per heavy atom. The van der Waals surface area contributed by atoms with Crippen molar-refractivity contribution >= 4 is 17.8 Å². The predicted molar refractivity (Wildman–Crippen MR) is 71.3 cm³/mol. The number of hydrogen-bond donors (Lipinski definition) is 3. The van der Waals surface area contributed by atoms with Crippen LogP contribution in [0.3, 0.4) is 0 Å². The third-order valence-corrected chi connectivity index (χ3v) is 2.64. The number of anilines is 1. The van der Waals surface area contributed by atoms with Crippen LogP contribution in [-0.2, 0) is 0 Å². The first kappa shape index (κ1) is 14.4. The minimum absolute atomic E-state index is 0.272. The Kier molecular flexibility index (Phi) is 3.79. The summed E-state index contributed by atoms with van der Waals surface area (Å²) in [6, 6.07) is 6.80. The Hall–Kier alpha value is -3.03. The number of hydrogen-bond acceptors (Lipinski definition) is 3. The van der Waals surface area contributed by atoms with Crippen LogP contribution in [0.2, 0.25) is 0 Å². The quantitative estimate of drug-likeness (QED) is 0.747. The number of carbonyl (C=O) groups is 2. The Labute approximate surface area is 117 Å². The van der Waals surface area contributed by atoms with E-state index in [1.165, 1.54) is 12.1 Å². The lowest BCUT2D eigenvalue weighted by Crippen LogP contribution is -2.23. The third kappa shape index (κ3) is 2.78. The molecule has 0 aliphatic carbocycles. The fourth-order valence-electron chi connectivity index (χ4n) is 1.81. The Morgan fingerprint density at radius 1 is 1.10 bits per heavy atom. The van der Waals surface area contributed by atoms with Gasteiger partial charge in [-0.2, -0.15) is 4.39 Å². The van der Waals surface area contributed by atoms with E-state index in [0.29, 0.717) is 0 Å². The van der Waals surface area contributed by atoms with Crippen molar-refractivity contribution in [1.82, 2.24) is 4.98 Å². The number of carbonyl (C=O) groups excluding carboxylic acids is 2. The smallest absolute Gasteiger partial charge is 0.317 e. The Bertz CT molecular complexity index is 720. The van der Waals surface area contributed by atoms with Crippen molar-refractivity contribution in [2.45, 2.75) is 0 Å². The van der Waals surface area contributed by atoms with E-state index in [-0.39, 0.29) is 11.1 Å². The molecule has 21 heavy (non-hydrogen) atoms. The monoisotopic (exact) mass is 292 g/mol. The van der Waals surface area contributed by atoms with Gasteiger partial charge in [0.25, 0.3) is 5.91 Å². The van der Waals surface area contributed by atoms with E-state index in [4.69, 9.17) is 11.5 Å². The van der Waals surface area contributed by atoms with E-state index in [1.54, 1.807) is 18.2 Å². The first-order valence-electron chi connectivity index (χ1n) is 5.72. The van der Waals surface area contributed by atoms with E-state index in [0.717, 1.165) is 0 Å². The molecule has 0 spiro atoms. The zero-order valence-electron chi connectivity index (χ0n) is 10.6. The highest BCUT2D eigenvalue weighted by Crippen LogP contribution is 2.32. The standard InChI is InChI=1S/C13H10F2N4O2/c14-9-7(6-4-2-1-3-5-6)12(19-13(17)21)18-10(15)8(9)11(16)20/h1-5H,(H2,16,20)(H3,17,18,19,21). The number of nitrogens with zero attached hydrogens (tertiary/aromatic N) is 1. The molecule has 6 nitrogen and oxygen atoms in total.